The van der Waals surface area contributed by atoms with Gasteiger partial charge in [0.25, 0.3) is 5.56 Å². The van der Waals surface area contributed by atoms with Crippen molar-refractivity contribution in [1.82, 2.24) is 14.1 Å². The van der Waals surface area contributed by atoms with E-state index < -0.39 is 0 Å². The largest absolute Gasteiger partial charge is 0.383 e. The number of Topliss-reactive ketones (excluding diaryl/α,β-unsaturated/α-hetero) is 1. The van der Waals surface area contributed by atoms with Crippen LogP contribution in [-0.4, -0.2) is 39.4 Å². The number of hydrogen-bond donors (Lipinski definition) is 0. The van der Waals surface area contributed by atoms with Crippen molar-refractivity contribution in [3.63, 3.8) is 0 Å². The Balaban J connectivity index is 1.93. The first-order chi connectivity index (χ1) is 14.6. The zero-order chi connectivity index (χ0) is 23.0. The Bertz CT molecular complexity index is 1190. The molecule has 168 valence electrons. The third-order valence-electron chi connectivity index (χ3n) is 5.68. The van der Waals surface area contributed by atoms with Gasteiger partial charge in [0.2, 0.25) is 0 Å². The van der Waals surface area contributed by atoms with Gasteiger partial charge in [0.15, 0.2) is 10.9 Å². The summed E-state index contributed by atoms with van der Waals surface area (Å²) in [4.78, 5) is 32.9. The summed E-state index contributed by atoms with van der Waals surface area (Å²) in [7, 11) is 1.68. The Morgan fingerprint density at radius 3 is 2.48 bits per heavy atom. The predicted molar refractivity (Wildman–Crippen MR) is 129 cm³/mol. The maximum atomic E-state index is 13.2. The highest BCUT2D eigenvalue weighted by Crippen LogP contribution is 2.30. The second-order valence-corrected chi connectivity index (χ2v) is 10.4. The number of hydrogen-bond acceptors (Lipinski definition) is 6. The Hall–Kier alpha value is -1.90. The fourth-order valence-electron chi connectivity index (χ4n) is 4.11. The number of thiophene rings is 1. The summed E-state index contributed by atoms with van der Waals surface area (Å²) < 4.78 is 9.14. The summed E-state index contributed by atoms with van der Waals surface area (Å²) in [6, 6.07) is 2.06. The van der Waals surface area contributed by atoms with Crippen LogP contribution in [0.3, 0.4) is 0 Å². The second-order valence-electron chi connectivity index (χ2n) is 8.30. The Kier molecular flexibility index (Phi) is 7.13. The fourth-order valence-corrected chi connectivity index (χ4v) is 6.19. The summed E-state index contributed by atoms with van der Waals surface area (Å²) in [5.41, 5.74) is 3.68. The summed E-state index contributed by atoms with van der Waals surface area (Å²) in [6.07, 6.45) is 0. The first-order valence-corrected chi connectivity index (χ1v) is 12.2. The van der Waals surface area contributed by atoms with Gasteiger partial charge in [-0.25, -0.2) is 4.98 Å². The lowest BCUT2D eigenvalue weighted by Crippen LogP contribution is -2.25. The van der Waals surface area contributed by atoms with Gasteiger partial charge in [0.1, 0.15) is 4.83 Å². The van der Waals surface area contributed by atoms with Gasteiger partial charge in [-0.2, -0.15) is 0 Å². The second kappa shape index (κ2) is 9.30. The third kappa shape index (κ3) is 4.38. The molecule has 3 heterocycles. The number of fused-ring (bicyclic) bond motifs is 1. The number of aryl methyl sites for hydroxylation is 3. The van der Waals surface area contributed by atoms with Crippen LogP contribution < -0.4 is 5.56 Å². The standard InChI is InChI=1S/C23H31N3O3S2/c1-12(2)25-22(28)20-15(5)17(7)31-21(20)24-23(25)30-11-19(27)18-9-13(3)26(16(18)6)14(4)10-29-8/h9,12,14H,10-11H2,1-8H3. The molecule has 1 atom stereocenters. The minimum atomic E-state index is -0.0402. The molecule has 0 bridgehead atoms. The van der Waals surface area contributed by atoms with Crippen LogP contribution in [0.1, 0.15) is 65.0 Å². The molecule has 1 unspecified atom stereocenters. The van der Waals surface area contributed by atoms with Crippen LogP contribution in [0.2, 0.25) is 0 Å². The van der Waals surface area contributed by atoms with Crippen molar-refractivity contribution >= 4 is 39.1 Å². The molecule has 0 amide bonds. The van der Waals surface area contributed by atoms with Gasteiger partial charge >= 0.3 is 0 Å². The highest BCUT2D eigenvalue weighted by Gasteiger charge is 2.22. The van der Waals surface area contributed by atoms with E-state index in [1.807, 2.05) is 47.6 Å². The van der Waals surface area contributed by atoms with Crippen molar-refractivity contribution in [3.05, 3.63) is 43.8 Å². The van der Waals surface area contributed by atoms with Gasteiger partial charge in [0.05, 0.1) is 23.8 Å². The van der Waals surface area contributed by atoms with Crippen LogP contribution >= 0.6 is 23.1 Å². The molecule has 0 N–H and O–H groups in total. The number of thioether (sulfide) groups is 1. The number of methoxy groups -OCH3 is 1. The van der Waals surface area contributed by atoms with Gasteiger partial charge in [-0.15, -0.1) is 11.3 Å². The van der Waals surface area contributed by atoms with Gasteiger partial charge in [-0.1, -0.05) is 11.8 Å². The molecule has 8 heteroatoms. The van der Waals surface area contributed by atoms with Gasteiger partial charge in [-0.05, 0) is 60.1 Å². The van der Waals surface area contributed by atoms with Crippen molar-refractivity contribution in [2.24, 2.45) is 0 Å². The molecule has 3 rings (SSSR count). The highest BCUT2D eigenvalue weighted by atomic mass is 32.2. The van der Waals surface area contributed by atoms with Gasteiger partial charge in [0, 0.05) is 35.0 Å². The van der Waals surface area contributed by atoms with E-state index in [2.05, 4.69) is 11.5 Å². The molecule has 3 aromatic heterocycles. The average Bonchev–Trinajstić information content (AvgIpc) is 3.14. The number of ketones is 1. The topological polar surface area (TPSA) is 66.1 Å². The smallest absolute Gasteiger partial charge is 0.263 e. The number of ether oxygens (including phenoxy) is 1. The van der Waals surface area contributed by atoms with E-state index >= 15 is 0 Å². The number of carbonyl (C=O) groups is 1. The molecule has 31 heavy (non-hydrogen) atoms. The SMILES string of the molecule is COCC(C)n1c(C)cc(C(=O)CSc2nc3sc(C)c(C)c3c(=O)n2C(C)C)c1C. The van der Waals surface area contributed by atoms with Crippen LogP contribution in [0.25, 0.3) is 10.2 Å². The highest BCUT2D eigenvalue weighted by molar-refractivity contribution is 7.99. The number of aromatic nitrogens is 3. The lowest BCUT2D eigenvalue weighted by Gasteiger charge is -2.17. The molecule has 3 aromatic rings. The van der Waals surface area contributed by atoms with Crippen molar-refractivity contribution in [2.45, 2.75) is 65.7 Å². The molecule has 0 aliphatic carbocycles. The van der Waals surface area contributed by atoms with Crippen LogP contribution in [0.4, 0.5) is 0 Å². The molecule has 0 saturated heterocycles. The first kappa shape index (κ1) is 23.8. The molecule has 0 fully saturated rings. The molecule has 0 aromatic carbocycles. The van der Waals surface area contributed by atoms with Gasteiger partial charge < -0.3 is 9.30 Å². The number of rotatable bonds is 8. The van der Waals surface area contributed by atoms with E-state index in [1.165, 1.54) is 23.1 Å². The average molecular weight is 462 g/mol. The monoisotopic (exact) mass is 461 g/mol. The lowest BCUT2D eigenvalue weighted by atomic mass is 10.2. The van der Waals surface area contributed by atoms with E-state index in [0.717, 1.165) is 32.2 Å². The van der Waals surface area contributed by atoms with E-state index in [9.17, 15) is 9.59 Å². The number of carbonyl (C=O) groups excluding carboxylic acids is 1. The zero-order valence-electron chi connectivity index (χ0n) is 19.5. The summed E-state index contributed by atoms with van der Waals surface area (Å²) >= 11 is 2.88. The minimum absolute atomic E-state index is 0.0247. The molecular formula is C23H31N3O3S2. The molecular weight excluding hydrogens is 430 g/mol. The van der Waals surface area contributed by atoms with Crippen LogP contribution in [-0.2, 0) is 4.74 Å². The minimum Gasteiger partial charge on any atom is -0.383 e. The molecule has 0 aliphatic heterocycles. The van der Waals surface area contributed by atoms with Gasteiger partial charge in [-0.3, -0.25) is 14.2 Å². The molecule has 0 saturated carbocycles. The van der Waals surface area contributed by atoms with Crippen molar-refractivity contribution in [2.75, 3.05) is 19.5 Å². The summed E-state index contributed by atoms with van der Waals surface area (Å²) in [5.74, 6) is 0.272. The predicted octanol–water partition coefficient (Wildman–Crippen LogP) is 5.26. The van der Waals surface area contributed by atoms with Crippen LogP contribution in [0, 0.1) is 27.7 Å². The van der Waals surface area contributed by atoms with E-state index in [0.29, 0.717) is 17.1 Å². The first-order valence-electron chi connectivity index (χ1n) is 10.4. The summed E-state index contributed by atoms with van der Waals surface area (Å²) in [6.45, 7) is 14.6. The Labute approximate surface area is 191 Å². The maximum absolute atomic E-state index is 13.2. The Morgan fingerprint density at radius 2 is 1.87 bits per heavy atom. The Morgan fingerprint density at radius 1 is 1.19 bits per heavy atom. The van der Waals surface area contributed by atoms with E-state index in [-0.39, 0.29) is 29.2 Å². The lowest BCUT2D eigenvalue weighted by molar-refractivity contribution is 0.102. The molecule has 0 aliphatic rings. The van der Waals surface area contributed by atoms with E-state index in [1.54, 1.807) is 11.7 Å². The molecule has 0 spiro atoms. The normalized spacial score (nSPS) is 12.8. The fraction of sp³-hybridized carbons (Fsp3) is 0.522. The van der Waals surface area contributed by atoms with Crippen LogP contribution in [0.15, 0.2) is 16.0 Å². The zero-order valence-corrected chi connectivity index (χ0v) is 21.2. The third-order valence-corrected chi connectivity index (χ3v) is 7.74. The van der Waals surface area contributed by atoms with E-state index in [4.69, 9.17) is 9.72 Å². The molecule has 6 nitrogen and oxygen atoms in total. The van der Waals surface area contributed by atoms with Crippen molar-refractivity contribution in [1.29, 1.82) is 0 Å². The quantitative estimate of drug-likeness (QED) is 0.260. The number of nitrogens with zero attached hydrogens (tertiary/aromatic N) is 3. The van der Waals surface area contributed by atoms with Crippen molar-refractivity contribution < 1.29 is 9.53 Å². The maximum Gasteiger partial charge on any atom is 0.263 e. The molecule has 0 radical (unpaired) electrons. The van der Waals surface area contributed by atoms with Crippen molar-refractivity contribution in [3.8, 4) is 0 Å². The summed E-state index contributed by atoms with van der Waals surface area (Å²) in [5, 5.41) is 1.30. The van der Waals surface area contributed by atoms with Crippen LogP contribution in [0.5, 0.6) is 0 Å².